The van der Waals surface area contributed by atoms with Crippen molar-refractivity contribution in [3.63, 3.8) is 0 Å². The zero-order chi connectivity index (χ0) is 13.5. The summed E-state index contributed by atoms with van der Waals surface area (Å²) in [6, 6.07) is 9.80. The van der Waals surface area contributed by atoms with Crippen LogP contribution in [0.1, 0.15) is 38.2 Å². The SMILES string of the molecule is CC1CCCCC1NC(=O)NOCc1ccccc1. The number of hydroxylamine groups is 1. The first kappa shape index (κ1) is 13.9. The Morgan fingerprint density at radius 2 is 2.00 bits per heavy atom. The molecule has 1 aromatic rings. The van der Waals surface area contributed by atoms with Crippen LogP contribution < -0.4 is 10.8 Å². The summed E-state index contributed by atoms with van der Waals surface area (Å²) >= 11 is 0. The molecule has 104 valence electrons. The molecule has 19 heavy (non-hydrogen) atoms. The molecule has 2 rings (SSSR count). The number of nitrogens with one attached hydrogen (secondary N) is 2. The average Bonchev–Trinajstić information content (AvgIpc) is 2.43. The molecule has 1 aliphatic carbocycles. The highest BCUT2D eigenvalue weighted by molar-refractivity contribution is 5.73. The molecule has 2 N–H and O–H groups in total. The quantitative estimate of drug-likeness (QED) is 0.820. The summed E-state index contributed by atoms with van der Waals surface area (Å²) in [5.74, 6) is 0.550. The van der Waals surface area contributed by atoms with E-state index in [1.165, 1.54) is 19.3 Å². The number of rotatable bonds is 4. The fourth-order valence-electron chi connectivity index (χ4n) is 2.49. The number of hydrogen-bond acceptors (Lipinski definition) is 2. The molecule has 1 aromatic carbocycles. The van der Waals surface area contributed by atoms with Gasteiger partial charge in [-0.2, -0.15) is 0 Å². The Labute approximate surface area is 114 Å². The zero-order valence-corrected chi connectivity index (χ0v) is 11.4. The molecule has 1 fully saturated rings. The lowest BCUT2D eigenvalue weighted by atomic mass is 9.86. The van der Waals surface area contributed by atoms with E-state index in [-0.39, 0.29) is 12.1 Å². The number of amides is 2. The van der Waals surface area contributed by atoms with E-state index in [2.05, 4.69) is 17.7 Å². The van der Waals surface area contributed by atoms with Crippen LogP contribution in [0.15, 0.2) is 30.3 Å². The van der Waals surface area contributed by atoms with Gasteiger partial charge in [0.2, 0.25) is 0 Å². The predicted octanol–water partition coefficient (Wildman–Crippen LogP) is 3.00. The minimum Gasteiger partial charge on any atom is -0.333 e. The van der Waals surface area contributed by atoms with E-state index < -0.39 is 0 Å². The molecule has 0 bridgehead atoms. The average molecular weight is 262 g/mol. The number of urea groups is 1. The smallest absolute Gasteiger partial charge is 0.333 e. The molecular weight excluding hydrogens is 240 g/mol. The molecule has 4 heteroatoms. The first-order valence-corrected chi connectivity index (χ1v) is 6.98. The Kier molecular flexibility index (Phi) is 5.21. The van der Waals surface area contributed by atoms with E-state index in [1.54, 1.807) is 0 Å². The largest absolute Gasteiger partial charge is 0.338 e. The highest BCUT2D eigenvalue weighted by Gasteiger charge is 2.22. The first-order chi connectivity index (χ1) is 9.25. The van der Waals surface area contributed by atoms with E-state index in [1.807, 2.05) is 30.3 Å². The fraction of sp³-hybridized carbons (Fsp3) is 0.533. The van der Waals surface area contributed by atoms with E-state index in [0.717, 1.165) is 12.0 Å². The molecule has 1 saturated carbocycles. The van der Waals surface area contributed by atoms with Gasteiger partial charge in [-0.15, -0.1) is 0 Å². The number of carbonyl (C=O) groups is 1. The molecule has 0 saturated heterocycles. The highest BCUT2D eigenvalue weighted by Crippen LogP contribution is 2.23. The maximum atomic E-state index is 11.7. The van der Waals surface area contributed by atoms with Crippen LogP contribution in [0.5, 0.6) is 0 Å². The molecule has 0 spiro atoms. The Balaban J connectivity index is 1.67. The normalized spacial score (nSPS) is 22.8. The van der Waals surface area contributed by atoms with Crippen LogP contribution in [-0.4, -0.2) is 12.1 Å². The summed E-state index contributed by atoms with van der Waals surface area (Å²) in [4.78, 5) is 16.9. The van der Waals surface area contributed by atoms with Crippen LogP contribution in [-0.2, 0) is 11.4 Å². The van der Waals surface area contributed by atoms with E-state index in [9.17, 15) is 4.79 Å². The van der Waals surface area contributed by atoms with Crippen molar-refractivity contribution in [1.29, 1.82) is 0 Å². The van der Waals surface area contributed by atoms with Crippen molar-refractivity contribution in [1.82, 2.24) is 10.8 Å². The minimum atomic E-state index is -0.241. The van der Waals surface area contributed by atoms with Crippen LogP contribution >= 0.6 is 0 Å². The van der Waals surface area contributed by atoms with Gasteiger partial charge in [0.05, 0.1) is 6.61 Å². The fourth-order valence-corrected chi connectivity index (χ4v) is 2.49. The van der Waals surface area contributed by atoms with Crippen LogP contribution in [0.25, 0.3) is 0 Å². The maximum absolute atomic E-state index is 11.7. The summed E-state index contributed by atoms with van der Waals surface area (Å²) in [5.41, 5.74) is 3.48. The van der Waals surface area contributed by atoms with E-state index >= 15 is 0 Å². The van der Waals surface area contributed by atoms with E-state index in [0.29, 0.717) is 12.5 Å². The third kappa shape index (κ3) is 4.56. The molecule has 0 radical (unpaired) electrons. The monoisotopic (exact) mass is 262 g/mol. The zero-order valence-electron chi connectivity index (χ0n) is 11.4. The van der Waals surface area contributed by atoms with E-state index in [4.69, 9.17) is 4.84 Å². The van der Waals surface area contributed by atoms with Crippen LogP contribution in [0.4, 0.5) is 4.79 Å². The Bertz CT molecular complexity index is 394. The summed E-state index contributed by atoms with van der Waals surface area (Å²) in [7, 11) is 0. The summed E-state index contributed by atoms with van der Waals surface area (Å²) < 4.78 is 0. The molecule has 0 heterocycles. The van der Waals surface area contributed by atoms with Gasteiger partial charge in [-0.3, -0.25) is 4.84 Å². The summed E-state index contributed by atoms with van der Waals surface area (Å²) in [6.45, 7) is 2.57. The van der Waals surface area contributed by atoms with Crippen molar-refractivity contribution >= 4 is 6.03 Å². The van der Waals surface area contributed by atoms with Crippen molar-refractivity contribution in [3.8, 4) is 0 Å². The van der Waals surface area contributed by atoms with Gasteiger partial charge in [0.15, 0.2) is 0 Å². The standard InChI is InChI=1S/C15H22N2O2/c1-12-7-5-6-10-14(12)16-15(18)17-19-11-13-8-3-2-4-9-13/h2-4,8-9,12,14H,5-7,10-11H2,1H3,(H2,16,17,18). The highest BCUT2D eigenvalue weighted by atomic mass is 16.7. The Hall–Kier alpha value is -1.55. The molecule has 2 atom stereocenters. The second-order valence-corrected chi connectivity index (χ2v) is 5.22. The lowest BCUT2D eigenvalue weighted by Gasteiger charge is -2.29. The summed E-state index contributed by atoms with van der Waals surface area (Å²) in [6.07, 6.45) is 4.72. The van der Waals surface area contributed by atoms with Gasteiger partial charge >= 0.3 is 6.03 Å². The van der Waals surface area contributed by atoms with Crippen LogP contribution in [0.2, 0.25) is 0 Å². The molecule has 4 nitrogen and oxygen atoms in total. The molecular formula is C15H22N2O2. The molecule has 1 aliphatic rings. The Morgan fingerprint density at radius 3 is 2.74 bits per heavy atom. The van der Waals surface area contributed by atoms with Crippen molar-refractivity contribution in [3.05, 3.63) is 35.9 Å². The van der Waals surface area contributed by atoms with Crippen LogP contribution in [0, 0.1) is 5.92 Å². The number of benzene rings is 1. The van der Waals surface area contributed by atoms with Gasteiger partial charge in [0.1, 0.15) is 0 Å². The predicted molar refractivity (Wildman–Crippen MR) is 74.3 cm³/mol. The minimum absolute atomic E-state index is 0.241. The van der Waals surface area contributed by atoms with Gasteiger partial charge in [-0.05, 0) is 24.3 Å². The number of carbonyl (C=O) groups excluding carboxylic acids is 1. The van der Waals surface area contributed by atoms with Gasteiger partial charge in [-0.25, -0.2) is 10.3 Å². The van der Waals surface area contributed by atoms with Crippen LogP contribution in [0.3, 0.4) is 0 Å². The van der Waals surface area contributed by atoms with Gasteiger partial charge < -0.3 is 5.32 Å². The number of hydrogen-bond donors (Lipinski definition) is 2. The van der Waals surface area contributed by atoms with Gasteiger partial charge in [-0.1, -0.05) is 50.1 Å². The van der Waals surface area contributed by atoms with Gasteiger partial charge in [0, 0.05) is 6.04 Å². The third-order valence-electron chi connectivity index (χ3n) is 3.67. The van der Waals surface area contributed by atoms with Crippen molar-refractivity contribution in [2.75, 3.05) is 0 Å². The summed E-state index contributed by atoms with van der Waals surface area (Å²) in [5, 5.41) is 2.98. The Morgan fingerprint density at radius 1 is 1.26 bits per heavy atom. The third-order valence-corrected chi connectivity index (χ3v) is 3.67. The second-order valence-electron chi connectivity index (χ2n) is 5.22. The second kappa shape index (κ2) is 7.14. The lowest BCUT2D eigenvalue weighted by molar-refractivity contribution is 0.0468. The lowest BCUT2D eigenvalue weighted by Crippen LogP contribution is -2.46. The molecule has 2 unspecified atom stereocenters. The molecule has 2 amide bonds. The molecule has 0 aromatic heterocycles. The van der Waals surface area contributed by atoms with Crippen molar-refractivity contribution in [2.24, 2.45) is 5.92 Å². The maximum Gasteiger partial charge on any atom is 0.338 e. The molecule has 0 aliphatic heterocycles. The first-order valence-electron chi connectivity index (χ1n) is 6.98. The topological polar surface area (TPSA) is 50.4 Å². The van der Waals surface area contributed by atoms with Crippen molar-refractivity contribution < 1.29 is 9.63 Å². The van der Waals surface area contributed by atoms with Gasteiger partial charge in [0.25, 0.3) is 0 Å². The van der Waals surface area contributed by atoms with Crippen molar-refractivity contribution in [2.45, 2.75) is 45.3 Å².